The van der Waals surface area contributed by atoms with Crippen LogP contribution in [0.15, 0.2) is 22.8 Å². The molecule has 0 saturated carbocycles. The Morgan fingerprint density at radius 1 is 1.71 bits per heavy atom. The first-order valence-electron chi connectivity index (χ1n) is 4.43. The zero-order chi connectivity index (χ0) is 10.4. The molecule has 0 aliphatic heterocycles. The van der Waals surface area contributed by atoms with Crippen molar-refractivity contribution in [3.05, 3.63) is 28.5 Å². The molecule has 78 valence electrons. The highest BCUT2D eigenvalue weighted by atomic mass is 79.9. The van der Waals surface area contributed by atoms with E-state index in [9.17, 15) is 0 Å². The van der Waals surface area contributed by atoms with Gasteiger partial charge in [-0.25, -0.2) is 5.43 Å². The normalized spacial score (nSPS) is 12.8. The predicted molar refractivity (Wildman–Crippen MR) is 58.5 cm³/mol. The monoisotopic (exact) mass is 259 g/mol. The molecule has 1 aromatic rings. The third kappa shape index (κ3) is 3.02. The van der Waals surface area contributed by atoms with Crippen molar-refractivity contribution >= 4 is 15.9 Å². The molecule has 1 heterocycles. The number of aromatic nitrogens is 1. The van der Waals surface area contributed by atoms with Gasteiger partial charge in [0.25, 0.3) is 0 Å². The minimum atomic E-state index is -0.0782. The molecular weight excluding hydrogens is 246 g/mol. The summed E-state index contributed by atoms with van der Waals surface area (Å²) in [7, 11) is 0. The maximum Gasteiger partial charge on any atom is 0.0876 e. The number of halogens is 1. The van der Waals surface area contributed by atoms with Gasteiger partial charge >= 0.3 is 0 Å². The van der Waals surface area contributed by atoms with Crippen LogP contribution in [-0.2, 0) is 4.74 Å². The zero-order valence-electron chi connectivity index (χ0n) is 8.03. The maximum absolute atomic E-state index is 5.42. The van der Waals surface area contributed by atoms with Crippen LogP contribution in [0.1, 0.15) is 18.7 Å². The number of nitrogens with zero attached hydrogens (tertiary/aromatic N) is 1. The van der Waals surface area contributed by atoms with Gasteiger partial charge in [0.05, 0.1) is 18.3 Å². The second kappa shape index (κ2) is 6.08. The van der Waals surface area contributed by atoms with E-state index in [4.69, 9.17) is 10.6 Å². The van der Waals surface area contributed by atoms with Crippen molar-refractivity contribution in [1.29, 1.82) is 0 Å². The molecule has 1 atom stereocenters. The summed E-state index contributed by atoms with van der Waals surface area (Å²) >= 11 is 3.42. The minimum absolute atomic E-state index is 0.0782. The van der Waals surface area contributed by atoms with Crippen LogP contribution in [0.25, 0.3) is 0 Å². The first-order valence-corrected chi connectivity index (χ1v) is 5.23. The Morgan fingerprint density at radius 3 is 3.07 bits per heavy atom. The summed E-state index contributed by atoms with van der Waals surface area (Å²) in [5, 5.41) is 0. The summed E-state index contributed by atoms with van der Waals surface area (Å²) in [4.78, 5) is 4.23. The molecule has 5 heteroatoms. The smallest absolute Gasteiger partial charge is 0.0876 e. The number of ether oxygens (including phenoxy) is 1. The summed E-state index contributed by atoms with van der Waals surface area (Å²) < 4.78 is 6.23. The summed E-state index contributed by atoms with van der Waals surface area (Å²) in [6.07, 6.45) is 1.73. The van der Waals surface area contributed by atoms with Crippen molar-refractivity contribution in [2.45, 2.75) is 13.0 Å². The highest BCUT2D eigenvalue weighted by molar-refractivity contribution is 9.10. The van der Waals surface area contributed by atoms with Crippen LogP contribution in [0.4, 0.5) is 0 Å². The van der Waals surface area contributed by atoms with Gasteiger partial charge in [-0.05, 0) is 35.0 Å². The first kappa shape index (κ1) is 11.6. The molecule has 0 saturated heterocycles. The summed E-state index contributed by atoms with van der Waals surface area (Å²) in [6, 6.07) is 3.71. The average molecular weight is 260 g/mol. The lowest BCUT2D eigenvalue weighted by atomic mass is 10.2. The fourth-order valence-corrected chi connectivity index (χ4v) is 1.63. The number of rotatable bonds is 5. The van der Waals surface area contributed by atoms with E-state index in [2.05, 4.69) is 26.3 Å². The van der Waals surface area contributed by atoms with Gasteiger partial charge in [-0.2, -0.15) is 0 Å². The van der Waals surface area contributed by atoms with E-state index in [-0.39, 0.29) is 6.04 Å². The molecule has 0 aliphatic rings. The molecule has 14 heavy (non-hydrogen) atoms. The Bertz CT molecular complexity index is 283. The number of pyridine rings is 1. The van der Waals surface area contributed by atoms with Crippen molar-refractivity contribution in [2.24, 2.45) is 5.84 Å². The molecule has 0 aromatic carbocycles. The van der Waals surface area contributed by atoms with Crippen molar-refractivity contribution < 1.29 is 4.74 Å². The molecule has 0 spiro atoms. The Hall–Kier alpha value is -0.490. The van der Waals surface area contributed by atoms with Crippen LogP contribution in [0.5, 0.6) is 0 Å². The second-order valence-electron chi connectivity index (χ2n) is 2.75. The van der Waals surface area contributed by atoms with Gasteiger partial charge in [0, 0.05) is 17.3 Å². The number of nitrogens with one attached hydrogen (secondary N) is 1. The Kier molecular flexibility index (Phi) is 5.03. The van der Waals surface area contributed by atoms with Crippen LogP contribution >= 0.6 is 15.9 Å². The number of nitrogens with two attached hydrogens (primary N) is 1. The zero-order valence-corrected chi connectivity index (χ0v) is 9.62. The van der Waals surface area contributed by atoms with Crippen molar-refractivity contribution in [3.8, 4) is 0 Å². The molecule has 1 aromatic heterocycles. The van der Waals surface area contributed by atoms with E-state index in [1.165, 1.54) is 0 Å². The third-order valence-corrected chi connectivity index (χ3v) is 2.48. The van der Waals surface area contributed by atoms with Gasteiger partial charge < -0.3 is 4.74 Å². The van der Waals surface area contributed by atoms with Crippen LogP contribution in [0.3, 0.4) is 0 Å². The molecule has 0 bridgehead atoms. The molecular formula is C9H14BrN3O. The van der Waals surface area contributed by atoms with Gasteiger partial charge in [-0.15, -0.1) is 0 Å². The molecule has 0 radical (unpaired) electrons. The Balaban J connectivity index is 2.73. The lowest BCUT2D eigenvalue weighted by molar-refractivity contribution is 0.122. The predicted octanol–water partition coefficient (Wildman–Crippen LogP) is 1.38. The number of hydrogen-bond acceptors (Lipinski definition) is 4. The third-order valence-electron chi connectivity index (χ3n) is 1.81. The van der Waals surface area contributed by atoms with Gasteiger partial charge in [-0.1, -0.05) is 0 Å². The van der Waals surface area contributed by atoms with Crippen molar-refractivity contribution in [3.63, 3.8) is 0 Å². The Morgan fingerprint density at radius 2 is 2.50 bits per heavy atom. The summed E-state index contributed by atoms with van der Waals surface area (Å²) in [5.41, 5.74) is 3.54. The Labute approximate surface area is 92.0 Å². The highest BCUT2D eigenvalue weighted by Crippen LogP contribution is 2.20. The number of hydrazine groups is 1. The van der Waals surface area contributed by atoms with Gasteiger partial charge in [0.15, 0.2) is 0 Å². The number of hydrogen-bond donors (Lipinski definition) is 2. The first-order chi connectivity index (χ1) is 6.79. The lowest BCUT2D eigenvalue weighted by Crippen LogP contribution is -2.32. The van der Waals surface area contributed by atoms with Crippen LogP contribution in [0, 0.1) is 0 Å². The van der Waals surface area contributed by atoms with Crippen LogP contribution < -0.4 is 11.3 Å². The quantitative estimate of drug-likeness (QED) is 0.620. The van der Waals surface area contributed by atoms with Gasteiger partial charge in [-0.3, -0.25) is 10.8 Å². The largest absolute Gasteiger partial charge is 0.380 e. The second-order valence-corrected chi connectivity index (χ2v) is 3.60. The molecule has 1 rings (SSSR count). The molecule has 0 fully saturated rings. The fourth-order valence-electron chi connectivity index (χ4n) is 1.10. The summed E-state index contributed by atoms with van der Waals surface area (Å²) in [5.74, 6) is 5.42. The average Bonchev–Trinajstić information content (AvgIpc) is 2.21. The van der Waals surface area contributed by atoms with Crippen LogP contribution in [0.2, 0.25) is 0 Å². The van der Waals surface area contributed by atoms with Gasteiger partial charge in [0.2, 0.25) is 0 Å². The van der Waals surface area contributed by atoms with E-state index in [0.717, 1.165) is 10.2 Å². The maximum atomic E-state index is 5.42. The van der Waals surface area contributed by atoms with E-state index in [1.807, 2.05) is 19.1 Å². The topological polar surface area (TPSA) is 60.2 Å². The minimum Gasteiger partial charge on any atom is -0.380 e. The van der Waals surface area contributed by atoms with Crippen LogP contribution in [-0.4, -0.2) is 18.2 Å². The fraction of sp³-hybridized carbons (Fsp3) is 0.444. The molecule has 1 unspecified atom stereocenters. The molecule has 0 amide bonds. The van der Waals surface area contributed by atoms with Crippen molar-refractivity contribution in [1.82, 2.24) is 10.4 Å². The van der Waals surface area contributed by atoms with Gasteiger partial charge in [0.1, 0.15) is 0 Å². The SMILES string of the molecule is CCOCC(NN)c1ncccc1Br. The summed E-state index contributed by atoms with van der Waals surface area (Å²) in [6.45, 7) is 3.13. The lowest BCUT2D eigenvalue weighted by Gasteiger charge is -2.15. The highest BCUT2D eigenvalue weighted by Gasteiger charge is 2.13. The van der Waals surface area contributed by atoms with E-state index >= 15 is 0 Å². The molecule has 0 aliphatic carbocycles. The van der Waals surface area contributed by atoms with Crippen molar-refractivity contribution in [2.75, 3.05) is 13.2 Å². The molecule has 3 N–H and O–H groups in total. The standard InChI is InChI=1S/C9H14BrN3O/c1-2-14-6-8(13-11)9-7(10)4-3-5-12-9/h3-5,8,13H,2,6,11H2,1H3. The van der Waals surface area contributed by atoms with E-state index in [1.54, 1.807) is 6.20 Å². The van der Waals surface area contributed by atoms with E-state index in [0.29, 0.717) is 13.2 Å². The molecule has 4 nitrogen and oxygen atoms in total. The van der Waals surface area contributed by atoms with E-state index < -0.39 is 0 Å².